The molecule has 5 nitrogen and oxygen atoms in total. The molecule has 0 saturated heterocycles. The van der Waals surface area contributed by atoms with Crippen molar-refractivity contribution in [3.05, 3.63) is 22.2 Å². The fourth-order valence-corrected chi connectivity index (χ4v) is 1.92. The first-order chi connectivity index (χ1) is 8.13. The first kappa shape index (κ1) is 11.9. The largest absolute Gasteiger partial charge is 0.342 e. The van der Waals surface area contributed by atoms with Crippen molar-refractivity contribution in [3.8, 4) is 11.4 Å². The van der Waals surface area contributed by atoms with Gasteiger partial charge in [0.1, 0.15) is 16.2 Å². The van der Waals surface area contributed by atoms with E-state index in [1.165, 1.54) is 0 Å². The number of rotatable bonds is 3. The standard InChI is InChI=1S/C11H15N5S/c1-4-5-9-13-10(7(2)11(17)14-9)8-6-12-15-16(8)3/h6H,4-5H2,1-3H3,(H,13,14,17). The molecule has 0 saturated carbocycles. The number of hydrogen-bond acceptors (Lipinski definition) is 4. The van der Waals surface area contributed by atoms with Crippen molar-refractivity contribution in [3.63, 3.8) is 0 Å². The summed E-state index contributed by atoms with van der Waals surface area (Å²) in [6.45, 7) is 4.08. The number of aryl methyl sites for hydroxylation is 2. The lowest BCUT2D eigenvalue weighted by molar-refractivity contribution is 0.717. The Balaban J connectivity index is 2.61. The van der Waals surface area contributed by atoms with Crippen LogP contribution in [0.4, 0.5) is 0 Å². The van der Waals surface area contributed by atoms with Crippen LogP contribution in [0.15, 0.2) is 6.20 Å². The van der Waals surface area contributed by atoms with E-state index in [1.54, 1.807) is 10.9 Å². The van der Waals surface area contributed by atoms with Gasteiger partial charge in [0.15, 0.2) is 0 Å². The minimum Gasteiger partial charge on any atom is -0.342 e. The second-order valence-electron chi connectivity index (χ2n) is 3.98. The quantitative estimate of drug-likeness (QED) is 0.847. The molecule has 0 atom stereocenters. The molecule has 0 aliphatic carbocycles. The molecule has 0 fully saturated rings. The van der Waals surface area contributed by atoms with Crippen molar-refractivity contribution in [1.29, 1.82) is 0 Å². The summed E-state index contributed by atoms with van der Waals surface area (Å²) < 4.78 is 2.37. The van der Waals surface area contributed by atoms with E-state index in [1.807, 2.05) is 14.0 Å². The summed E-state index contributed by atoms with van der Waals surface area (Å²) in [5, 5.41) is 7.81. The van der Waals surface area contributed by atoms with Gasteiger partial charge in [-0.3, -0.25) is 0 Å². The maximum atomic E-state index is 5.28. The van der Waals surface area contributed by atoms with Gasteiger partial charge in [0, 0.05) is 19.0 Å². The van der Waals surface area contributed by atoms with Crippen molar-refractivity contribution >= 4 is 12.2 Å². The van der Waals surface area contributed by atoms with Gasteiger partial charge in [-0.05, 0) is 13.3 Å². The highest BCUT2D eigenvalue weighted by Gasteiger charge is 2.10. The minimum absolute atomic E-state index is 0.642. The van der Waals surface area contributed by atoms with Crippen LogP contribution in [0.25, 0.3) is 11.4 Å². The van der Waals surface area contributed by atoms with Gasteiger partial charge in [-0.2, -0.15) is 0 Å². The summed E-state index contributed by atoms with van der Waals surface area (Å²) >= 11 is 5.28. The van der Waals surface area contributed by atoms with E-state index in [4.69, 9.17) is 12.2 Å². The summed E-state index contributed by atoms with van der Waals surface area (Å²) in [6.07, 6.45) is 3.65. The summed E-state index contributed by atoms with van der Waals surface area (Å²) in [6, 6.07) is 0. The Kier molecular flexibility index (Phi) is 3.33. The van der Waals surface area contributed by atoms with Gasteiger partial charge in [0.2, 0.25) is 0 Å². The van der Waals surface area contributed by atoms with Gasteiger partial charge >= 0.3 is 0 Å². The molecule has 2 aromatic rings. The highest BCUT2D eigenvalue weighted by Crippen LogP contribution is 2.20. The maximum Gasteiger partial charge on any atom is 0.133 e. The second kappa shape index (κ2) is 4.75. The first-order valence-corrected chi connectivity index (χ1v) is 5.99. The predicted octanol–water partition coefficient (Wildman–Crippen LogP) is 2.20. The SMILES string of the molecule is CCCc1nc(=S)c(C)c(-c2cnnn2C)[nH]1. The van der Waals surface area contributed by atoms with Crippen molar-refractivity contribution in [2.45, 2.75) is 26.7 Å². The third-order valence-electron chi connectivity index (χ3n) is 2.66. The topological polar surface area (TPSA) is 59.4 Å². The molecule has 0 aliphatic rings. The third-order valence-corrected chi connectivity index (χ3v) is 3.06. The lowest BCUT2D eigenvalue weighted by atomic mass is 10.2. The molecule has 0 aliphatic heterocycles. The van der Waals surface area contributed by atoms with Crippen molar-refractivity contribution < 1.29 is 0 Å². The smallest absolute Gasteiger partial charge is 0.133 e. The van der Waals surface area contributed by atoms with Crippen LogP contribution in [0.5, 0.6) is 0 Å². The van der Waals surface area contributed by atoms with Crippen molar-refractivity contribution in [2.75, 3.05) is 0 Å². The van der Waals surface area contributed by atoms with Crippen LogP contribution in [0.3, 0.4) is 0 Å². The number of nitrogens with one attached hydrogen (secondary N) is 1. The number of H-pyrrole nitrogens is 1. The van der Waals surface area contributed by atoms with Crippen molar-refractivity contribution in [2.24, 2.45) is 7.05 Å². The highest BCUT2D eigenvalue weighted by atomic mass is 32.1. The monoisotopic (exact) mass is 249 g/mol. The Morgan fingerprint density at radius 3 is 2.82 bits per heavy atom. The molecule has 17 heavy (non-hydrogen) atoms. The van der Waals surface area contributed by atoms with Crippen LogP contribution in [0.1, 0.15) is 24.7 Å². The predicted molar refractivity (Wildman–Crippen MR) is 68.2 cm³/mol. The first-order valence-electron chi connectivity index (χ1n) is 5.58. The molecule has 2 heterocycles. The van der Waals surface area contributed by atoms with Gasteiger partial charge in [-0.25, -0.2) is 9.67 Å². The van der Waals surface area contributed by atoms with Gasteiger partial charge in [-0.1, -0.05) is 24.4 Å². The molecular formula is C11H15N5S. The minimum atomic E-state index is 0.642. The van der Waals surface area contributed by atoms with Crippen LogP contribution >= 0.6 is 12.2 Å². The number of aromatic nitrogens is 5. The second-order valence-corrected chi connectivity index (χ2v) is 4.37. The zero-order chi connectivity index (χ0) is 12.4. The highest BCUT2D eigenvalue weighted by molar-refractivity contribution is 7.71. The number of hydrogen-bond donors (Lipinski definition) is 1. The molecule has 0 amide bonds. The molecule has 2 rings (SSSR count). The summed E-state index contributed by atoms with van der Waals surface area (Å²) in [7, 11) is 1.86. The number of nitrogens with zero attached hydrogens (tertiary/aromatic N) is 4. The molecule has 0 bridgehead atoms. The molecule has 2 aromatic heterocycles. The van der Waals surface area contributed by atoms with E-state index in [0.717, 1.165) is 35.6 Å². The third kappa shape index (κ3) is 2.26. The molecule has 0 aromatic carbocycles. The van der Waals surface area contributed by atoms with Crippen molar-refractivity contribution in [1.82, 2.24) is 25.0 Å². The Bertz CT molecular complexity index is 584. The lowest BCUT2D eigenvalue weighted by Crippen LogP contribution is -2.03. The van der Waals surface area contributed by atoms with Crippen LogP contribution in [-0.4, -0.2) is 25.0 Å². The van der Waals surface area contributed by atoms with E-state index in [-0.39, 0.29) is 0 Å². The van der Waals surface area contributed by atoms with Gasteiger partial charge in [0.25, 0.3) is 0 Å². The summed E-state index contributed by atoms with van der Waals surface area (Å²) in [5.74, 6) is 0.916. The van der Waals surface area contributed by atoms with E-state index < -0.39 is 0 Å². The van der Waals surface area contributed by atoms with Crippen LogP contribution in [0, 0.1) is 11.6 Å². The molecule has 90 valence electrons. The molecule has 0 spiro atoms. The summed E-state index contributed by atoms with van der Waals surface area (Å²) in [5.41, 5.74) is 2.85. The molecular weight excluding hydrogens is 234 g/mol. The average Bonchev–Trinajstić information content (AvgIpc) is 2.70. The van der Waals surface area contributed by atoms with Crippen LogP contribution < -0.4 is 0 Å². The Morgan fingerprint density at radius 2 is 2.24 bits per heavy atom. The molecule has 0 radical (unpaired) electrons. The number of aromatic amines is 1. The molecule has 1 N–H and O–H groups in total. The van der Waals surface area contributed by atoms with Gasteiger partial charge < -0.3 is 4.98 Å². The van der Waals surface area contributed by atoms with Crippen LogP contribution in [-0.2, 0) is 13.5 Å². The fourth-order valence-electron chi connectivity index (χ4n) is 1.71. The van der Waals surface area contributed by atoms with E-state index in [2.05, 4.69) is 27.2 Å². The lowest BCUT2D eigenvalue weighted by Gasteiger charge is -2.08. The Morgan fingerprint density at radius 1 is 1.47 bits per heavy atom. The summed E-state index contributed by atoms with van der Waals surface area (Å²) in [4.78, 5) is 7.69. The van der Waals surface area contributed by atoms with E-state index in [0.29, 0.717) is 4.64 Å². The molecule has 6 heteroatoms. The normalized spacial score (nSPS) is 10.8. The Hall–Kier alpha value is -1.56. The van der Waals surface area contributed by atoms with E-state index >= 15 is 0 Å². The molecule has 0 unspecified atom stereocenters. The Labute approximate surface area is 105 Å². The van der Waals surface area contributed by atoms with Gasteiger partial charge in [0.05, 0.1) is 11.9 Å². The zero-order valence-electron chi connectivity index (χ0n) is 10.2. The van der Waals surface area contributed by atoms with E-state index in [9.17, 15) is 0 Å². The van der Waals surface area contributed by atoms with Crippen LogP contribution in [0.2, 0.25) is 0 Å². The average molecular weight is 249 g/mol. The fraction of sp³-hybridized carbons (Fsp3) is 0.455. The van der Waals surface area contributed by atoms with Gasteiger partial charge in [-0.15, -0.1) is 5.10 Å². The zero-order valence-corrected chi connectivity index (χ0v) is 11.0. The maximum absolute atomic E-state index is 5.28.